The molecule has 0 N–H and O–H groups in total. The van der Waals surface area contributed by atoms with Crippen LogP contribution in [0.15, 0.2) is 28.7 Å². The van der Waals surface area contributed by atoms with Gasteiger partial charge in [0.2, 0.25) is 0 Å². The lowest BCUT2D eigenvalue weighted by Gasteiger charge is -1.97. The maximum atomic E-state index is 10.7. The Balaban J connectivity index is 2.57. The molecule has 0 aliphatic carbocycles. The van der Waals surface area contributed by atoms with Crippen molar-refractivity contribution in [2.24, 2.45) is 0 Å². The fraction of sp³-hybridized carbons (Fsp3) is 0.182. The highest BCUT2D eigenvalue weighted by atomic mass is 79.9. The number of hydrogen-bond donors (Lipinski definition) is 0. The lowest BCUT2D eigenvalue weighted by molar-refractivity contribution is -0.109. The molecule has 0 saturated heterocycles. The molecule has 4 heteroatoms. The predicted molar refractivity (Wildman–Crippen MR) is 71.3 cm³/mol. The van der Waals surface area contributed by atoms with Gasteiger partial charge in [0.1, 0.15) is 0 Å². The van der Waals surface area contributed by atoms with E-state index in [0.717, 1.165) is 10.0 Å². The van der Waals surface area contributed by atoms with Crippen LogP contribution in [0.2, 0.25) is 5.02 Å². The molecule has 0 aliphatic heterocycles. The average Bonchev–Trinajstić information content (AvgIpc) is 2.18. The molecule has 15 heavy (non-hydrogen) atoms. The first kappa shape index (κ1) is 12.8. The SMILES string of the molecule is CC(=O)SCC=Cc1ccc(Cl)c(Br)c1. The summed E-state index contributed by atoms with van der Waals surface area (Å²) >= 11 is 10.5. The van der Waals surface area contributed by atoms with Crippen molar-refractivity contribution in [3.8, 4) is 0 Å². The highest BCUT2D eigenvalue weighted by Crippen LogP contribution is 2.23. The lowest BCUT2D eigenvalue weighted by Crippen LogP contribution is -1.81. The third-order valence-corrected chi connectivity index (χ3v) is 3.62. The molecular formula is C11H10BrClOS. The van der Waals surface area contributed by atoms with Gasteiger partial charge in [0.05, 0.1) is 5.02 Å². The van der Waals surface area contributed by atoms with E-state index in [4.69, 9.17) is 11.6 Å². The van der Waals surface area contributed by atoms with Gasteiger partial charge < -0.3 is 0 Å². The van der Waals surface area contributed by atoms with Crippen LogP contribution in [-0.2, 0) is 4.79 Å². The van der Waals surface area contributed by atoms with Crippen LogP contribution in [0, 0.1) is 0 Å². The first-order valence-electron chi connectivity index (χ1n) is 4.34. The van der Waals surface area contributed by atoms with E-state index in [0.29, 0.717) is 10.8 Å². The fourth-order valence-electron chi connectivity index (χ4n) is 0.966. The standard InChI is InChI=1S/C11H10BrClOS/c1-8(14)15-6-2-3-9-4-5-11(13)10(12)7-9/h2-5,7H,6H2,1H3. The summed E-state index contributed by atoms with van der Waals surface area (Å²) in [7, 11) is 0. The van der Waals surface area contributed by atoms with Crippen molar-refractivity contribution >= 4 is 50.5 Å². The molecular weight excluding hydrogens is 296 g/mol. The second-order valence-corrected chi connectivity index (χ2v) is 5.34. The van der Waals surface area contributed by atoms with Crippen molar-refractivity contribution in [2.45, 2.75) is 6.92 Å². The summed E-state index contributed by atoms with van der Waals surface area (Å²) in [5.74, 6) is 0.704. The van der Waals surface area contributed by atoms with Gasteiger partial charge in [0.25, 0.3) is 0 Å². The van der Waals surface area contributed by atoms with Gasteiger partial charge in [-0.3, -0.25) is 4.79 Å². The molecule has 1 aromatic carbocycles. The van der Waals surface area contributed by atoms with Crippen LogP contribution in [-0.4, -0.2) is 10.9 Å². The molecule has 0 saturated carbocycles. The third-order valence-electron chi connectivity index (χ3n) is 1.64. The van der Waals surface area contributed by atoms with E-state index in [9.17, 15) is 4.79 Å². The van der Waals surface area contributed by atoms with E-state index >= 15 is 0 Å². The number of hydrogen-bond acceptors (Lipinski definition) is 2. The van der Waals surface area contributed by atoms with Gasteiger partial charge >= 0.3 is 0 Å². The van der Waals surface area contributed by atoms with Crippen LogP contribution in [0.25, 0.3) is 6.08 Å². The third kappa shape index (κ3) is 4.87. The minimum absolute atomic E-state index is 0.136. The molecule has 0 aliphatic rings. The summed E-state index contributed by atoms with van der Waals surface area (Å²) in [6, 6.07) is 5.71. The number of rotatable bonds is 3. The summed E-state index contributed by atoms with van der Waals surface area (Å²) < 4.78 is 0.880. The van der Waals surface area contributed by atoms with Crippen molar-refractivity contribution in [3.05, 3.63) is 39.3 Å². The molecule has 0 aromatic heterocycles. The van der Waals surface area contributed by atoms with Gasteiger partial charge in [0, 0.05) is 17.1 Å². The van der Waals surface area contributed by atoms with Crippen LogP contribution >= 0.6 is 39.3 Å². The van der Waals surface area contributed by atoms with E-state index in [2.05, 4.69) is 15.9 Å². The Labute approximate surface area is 107 Å². The highest BCUT2D eigenvalue weighted by Gasteiger charge is 1.96. The van der Waals surface area contributed by atoms with Gasteiger partial charge in [-0.2, -0.15) is 0 Å². The van der Waals surface area contributed by atoms with Crippen molar-refractivity contribution in [2.75, 3.05) is 5.75 Å². The Bertz CT molecular complexity index is 390. The quantitative estimate of drug-likeness (QED) is 0.823. The fourth-order valence-corrected chi connectivity index (χ4v) is 1.91. The largest absolute Gasteiger partial charge is 0.288 e. The van der Waals surface area contributed by atoms with Crippen LogP contribution < -0.4 is 0 Å². The molecule has 1 aromatic rings. The lowest BCUT2D eigenvalue weighted by atomic mass is 10.2. The molecule has 0 amide bonds. The highest BCUT2D eigenvalue weighted by molar-refractivity contribution is 9.10. The van der Waals surface area contributed by atoms with Crippen LogP contribution in [0.3, 0.4) is 0 Å². The summed E-state index contributed by atoms with van der Waals surface area (Å²) in [6.45, 7) is 1.57. The Hall–Kier alpha value is -0.250. The molecule has 0 unspecified atom stereocenters. The van der Waals surface area contributed by atoms with Gasteiger partial charge in [-0.15, -0.1) is 0 Å². The molecule has 1 rings (SSSR count). The number of thioether (sulfide) groups is 1. The zero-order chi connectivity index (χ0) is 11.3. The van der Waals surface area contributed by atoms with E-state index in [1.54, 1.807) is 6.92 Å². The number of halogens is 2. The van der Waals surface area contributed by atoms with Crippen LogP contribution in [0.1, 0.15) is 12.5 Å². The second kappa shape index (κ2) is 6.36. The van der Waals surface area contributed by atoms with Gasteiger partial charge in [-0.25, -0.2) is 0 Å². The Kier molecular flexibility index (Phi) is 5.43. The van der Waals surface area contributed by atoms with Crippen LogP contribution in [0.5, 0.6) is 0 Å². The van der Waals surface area contributed by atoms with Crippen LogP contribution in [0.4, 0.5) is 0 Å². The van der Waals surface area contributed by atoms with E-state index in [1.165, 1.54) is 11.8 Å². The minimum Gasteiger partial charge on any atom is -0.288 e. The number of benzene rings is 1. The Morgan fingerprint density at radius 3 is 2.93 bits per heavy atom. The van der Waals surface area contributed by atoms with E-state index in [-0.39, 0.29) is 5.12 Å². The first-order chi connectivity index (χ1) is 7.09. The van der Waals surface area contributed by atoms with E-state index < -0.39 is 0 Å². The molecule has 0 spiro atoms. The predicted octanol–water partition coefficient (Wildman–Crippen LogP) is 4.40. The second-order valence-electron chi connectivity index (χ2n) is 2.88. The molecule has 0 radical (unpaired) electrons. The maximum absolute atomic E-state index is 10.7. The van der Waals surface area contributed by atoms with Gasteiger partial charge in [-0.1, -0.05) is 41.6 Å². The smallest absolute Gasteiger partial charge is 0.186 e. The molecule has 0 heterocycles. The number of carbonyl (C=O) groups is 1. The molecule has 0 atom stereocenters. The molecule has 1 nitrogen and oxygen atoms in total. The molecule has 0 bridgehead atoms. The summed E-state index contributed by atoms with van der Waals surface area (Å²) in [6.07, 6.45) is 3.93. The summed E-state index contributed by atoms with van der Waals surface area (Å²) in [5.41, 5.74) is 1.07. The number of carbonyl (C=O) groups excluding carboxylic acids is 1. The van der Waals surface area contributed by atoms with Gasteiger partial charge in [0.15, 0.2) is 5.12 Å². The Morgan fingerprint density at radius 1 is 1.60 bits per heavy atom. The van der Waals surface area contributed by atoms with Crippen molar-refractivity contribution in [1.29, 1.82) is 0 Å². The maximum Gasteiger partial charge on any atom is 0.186 e. The van der Waals surface area contributed by atoms with Crippen molar-refractivity contribution < 1.29 is 4.79 Å². The monoisotopic (exact) mass is 304 g/mol. The topological polar surface area (TPSA) is 17.1 Å². The first-order valence-corrected chi connectivity index (χ1v) is 6.50. The van der Waals surface area contributed by atoms with Gasteiger partial charge in [-0.05, 0) is 33.6 Å². The molecule has 80 valence electrons. The van der Waals surface area contributed by atoms with Crippen molar-refractivity contribution in [1.82, 2.24) is 0 Å². The summed E-state index contributed by atoms with van der Waals surface area (Å²) in [4.78, 5) is 10.7. The minimum atomic E-state index is 0.136. The normalized spacial score (nSPS) is 10.9. The average molecular weight is 306 g/mol. The zero-order valence-electron chi connectivity index (χ0n) is 8.17. The zero-order valence-corrected chi connectivity index (χ0v) is 11.3. The molecule has 0 fully saturated rings. The van der Waals surface area contributed by atoms with E-state index in [1.807, 2.05) is 30.4 Å². The Morgan fingerprint density at radius 2 is 2.33 bits per heavy atom. The van der Waals surface area contributed by atoms with Crippen molar-refractivity contribution in [3.63, 3.8) is 0 Å². The summed E-state index contributed by atoms with van der Waals surface area (Å²) in [5, 5.41) is 0.835.